The molecule has 0 N–H and O–H groups in total. The van der Waals surface area contributed by atoms with Gasteiger partial charge in [-0.15, -0.1) is 0 Å². The minimum Gasteiger partial charge on any atom is -0.496 e. The van der Waals surface area contributed by atoms with Crippen LogP contribution in [-0.2, 0) is 4.79 Å². The lowest BCUT2D eigenvalue weighted by atomic mass is 10.1. The first-order valence-electron chi connectivity index (χ1n) is 9.17. The van der Waals surface area contributed by atoms with Crippen molar-refractivity contribution in [2.45, 2.75) is 6.92 Å². The lowest BCUT2D eigenvalue weighted by molar-refractivity contribution is -0.113. The number of anilines is 1. The maximum atomic E-state index is 13.4. The summed E-state index contributed by atoms with van der Waals surface area (Å²) in [4.78, 5) is 19.7. The average Bonchev–Trinajstić information content (AvgIpc) is 3.04. The topological polar surface area (TPSA) is 41.9 Å². The van der Waals surface area contributed by atoms with E-state index in [0.29, 0.717) is 17.3 Å². The molecule has 1 aliphatic rings. The number of aryl methyl sites for hydroxylation is 1. The molecule has 4 nitrogen and oxygen atoms in total. The molecule has 0 atom stereocenters. The molecule has 0 spiro atoms. The number of halogens is 1. The lowest BCUT2D eigenvalue weighted by Gasteiger charge is -2.20. The van der Waals surface area contributed by atoms with Crippen LogP contribution in [-0.4, -0.2) is 18.9 Å². The van der Waals surface area contributed by atoms with E-state index in [0.717, 1.165) is 26.9 Å². The van der Waals surface area contributed by atoms with Crippen LogP contribution in [0.5, 0.6) is 5.75 Å². The van der Waals surface area contributed by atoms with Crippen molar-refractivity contribution in [1.82, 2.24) is 0 Å². The fourth-order valence-electron chi connectivity index (χ4n) is 3.29. The summed E-state index contributed by atoms with van der Waals surface area (Å²) in [5.74, 6) is 1.05. The van der Waals surface area contributed by atoms with Gasteiger partial charge in [0.1, 0.15) is 11.4 Å². The molecule has 3 aromatic rings. The van der Waals surface area contributed by atoms with E-state index in [4.69, 9.17) is 9.73 Å². The number of nitrogens with zero attached hydrogens (tertiary/aromatic N) is 2. The van der Waals surface area contributed by atoms with Crippen molar-refractivity contribution in [3.63, 3.8) is 0 Å². The van der Waals surface area contributed by atoms with Crippen LogP contribution in [0.1, 0.15) is 16.7 Å². The summed E-state index contributed by atoms with van der Waals surface area (Å²) in [5, 5.41) is 0. The second-order valence-corrected chi connectivity index (χ2v) is 7.62. The fourth-order valence-corrected chi connectivity index (χ4v) is 3.70. The normalized spacial score (nSPS) is 15.0. The van der Waals surface area contributed by atoms with Gasteiger partial charge in [-0.25, -0.2) is 4.99 Å². The molecule has 5 heteroatoms. The maximum Gasteiger partial charge on any atom is 0.282 e. The Balaban J connectivity index is 1.88. The molecule has 29 heavy (non-hydrogen) atoms. The van der Waals surface area contributed by atoms with E-state index in [-0.39, 0.29) is 5.91 Å². The zero-order chi connectivity index (χ0) is 20.4. The van der Waals surface area contributed by atoms with Crippen molar-refractivity contribution >= 4 is 39.4 Å². The Hall–Kier alpha value is -3.18. The summed E-state index contributed by atoms with van der Waals surface area (Å²) in [6.07, 6.45) is 1.80. The van der Waals surface area contributed by atoms with Gasteiger partial charge in [0.2, 0.25) is 0 Å². The smallest absolute Gasteiger partial charge is 0.282 e. The molecule has 4 rings (SSSR count). The van der Waals surface area contributed by atoms with E-state index < -0.39 is 0 Å². The first-order valence-corrected chi connectivity index (χ1v) is 9.96. The number of amides is 1. The third-order valence-corrected chi connectivity index (χ3v) is 5.11. The zero-order valence-electron chi connectivity index (χ0n) is 16.1. The van der Waals surface area contributed by atoms with E-state index in [1.165, 1.54) is 0 Å². The van der Waals surface area contributed by atoms with Crippen LogP contribution in [0.4, 0.5) is 5.69 Å². The van der Waals surface area contributed by atoms with E-state index in [9.17, 15) is 4.79 Å². The van der Waals surface area contributed by atoms with Gasteiger partial charge < -0.3 is 4.74 Å². The maximum absolute atomic E-state index is 13.4. The number of para-hydroxylation sites is 1. The van der Waals surface area contributed by atoms with Gasteiger partial charge in [-0.05, 0) is 60.5 Å². The molecule has 0 aromatic heterocycles. The van der Waals surface area contributed by atoms with Crippen molar-refractivity contribution in [3.05, 3.63) is 99.7 Å². The van der Waals surface area contributed by atoms with Crippen molar-refractivity contribution in [2.24, 2.45) is 4.99 Å². The molecule has 0 unspecified atom stereocenters. The first-order chi connectivity index (χ1) is 14.1. The molecular formula is C24H19BrN2O2. The molecule has 144 valence electrons. The number of aliphatic imine (C=N–C) groups is 1. The Labute approximate surface area is 178 Å². The Morgan fingerprint density at radius 3 is 2.55 bits per heavy atom. The van der Waals surface area contributed by atoms with E-state index in [1.807, 2.05) is 79.7 Å². The number of hydrogen-bond acceptors (Lipinski definition) is 3. The minimum absolute atomic E-state index is 0.170. The highest BCUT2D eigenvalue weighted by atomic mass is 79.9. The average molecular weight is 447 g/mol. The quantitative estimate of drug-likeness (QED) is 0.489. The molecule has 1 amide bonds. The van der Waals surface area contributed by atoms with Crippen LogP contribution in [0.2, 0.25) is 0 Å². The molecule has 0 saturated carbocycles. The highest BCUT2D eigenvalue weighted by Gasteiger charge is 2.33. The predicted molar refractivity (Wildman–Crippen MR) is 120 cm³/mol. The highest BCUT2D eigenvalue weighted by Crippen LogP contribution is 2.31. The third kappa shape index (κ3) is 3.87. The van der Waals surface area contributed by atoms with Gasteiger partial charge in [0.15, 0.2) is 5.84 Å². The third-order valence-electron chi connectivity index (χ3n) is 4.62. The highest BCUT2D eigenvalue weighted by molar-refractivity contribution is 9.10. The standard InChI is InChI=1S/C24H19BrN2O2/c1-16-7-5-10-19(13-16)27-23(20-11-3-4-12-22(20)29-2)26-21(24(27)28)15-17-8-6-9-18(25)14-17/h3-15H,1-2H3/b21-15+. The molecule has 0 radical (unpaired) electrons. The van der Waals surface area contributed by atoms with Gasteiger partial charge >= 0.3 is 0 Å². The number of rotatable bonds is 4. The monoisotopic (exact) mass is 446 g/mol. The van der Waals surface area contributed by atoms with Crippen molar-refractivity contribution < 1.29 is 9.53 Å². The van der Waals surface area contributed by atoms with Gasteiger partial charge in [-0.1, -0.05) is 52.3 Å². The molecule has 0 aliphatic carbocycles. The molecule has 0 saturated heterocycles. The second kappa shape index (κ2) is 8.05. The number of benzene rings is 3. The Morgan fingerprint density at radius 2 is 1.79 bits per heavy atom. The summed E-state index contributed by atoms with van der Waals surface area (Å²) < 4.78 is 6.47. The molecule has 1 aliphatic heterocycles. The second-order valence-electron chi connectivity index (χ2n) is 6.70. The summed E-state index contributed by atoms with van der Waals surface area (Å²) in [6.45, 7) is 2.00. The number of hydrogen-bond donors (Lipinski definition) is 0. The van der Waals surface area contributed by atoms with Crippen molar-refractivity contribution in [2.75, 3.05) is 12.0 Å². The molecule has 1 heterocycles. The largest absolute Gasteiger partial charge is 0.496 e. The van der Waals surface area contributed by atoms with Gasteiger partial charge in [0.05, 0.1) is 18.4 Å². The minimum atomic E-state index is -0.170. The van der Waals surface area contributed by atoms with Crippen LogP contribution in [0.15, 0.2) is 88.0 Å². The summed E-state index contributed by atoms with van der Waals surface area (Å²) >= 11 is 3.47. The van der Waals surface area contributed by atoms with Gasteiger partial charge in [-0.2, -0.15) is 0 Å². The summed E-state index contributed by atoms with van der Waals surface area (Å²) in [6, 6.07) is 23.2. The lowest BCUT2D eigenvalue weighted by Crippen LogP contribution is -2.32. The van der Waals surface area contributed by atoms with Crippen LogP contribution in [0, 0.1) is 6.92 Å². The number of carbonyl (C=O) groups is 1. The number of amidine groups is 1. The number of ether oxygens (including phenoxy) is 1. The molecule has 0 bridgehead atoms. The molecule has 3 aromatic carbocycles. The fraction of sp³-hybridized carbons (Fsp3) is 0.0833. The predicted octanol–water partition coefficient (Wildman–Crippen LogP) is 5.60. The Morgan fingerprint density at radius 1 is 1.00 bits per heavy atom. The SMILES string of the molecule is COc1ccccc1C1=N/C(=C/c2cccc(Br)c2)C(=O)N1c1cccc(C)c1. The van der Waals surface area contributed by atoms with Gasteiger partial charge in [-0.3, -0.25) is 9.69 Å². The van der Waals surface area contributed by atoms with Crippen LogP contribution in [0.25, 0.3) is 6.08 Å². The Bertz CT molecular complexity index is 1150. The van der Waals surface area contributed by atoms with E-state index >= 15 is 0 Å². The van der Waals surface area contributed by atoms with Gasteiger partial charge in [0, 0.05) is 4.47 Å². The number of methoxy groups -OCH3 is 1. The molecule has 0 fully saturated rings. The zero-order valence-corrected chi connectivity index (χ0v) is 17.7. The first kappa shape index (κ1) is 19.2. The van der Waals surface area contributed by atoms with Crippen LogP contribution >= 0.6 is 15.9 Å². The van der Waals surface area contributed by atoms with E-state index in [2.05, 4.69) is 15.9 Å². The van der Waals surface area contributed by atoms with Crippen LogP contribution < -0.4 is 9.64 Å². The van der Waals surface area contributed by atoms with Gasteiger partial charge in [0.25, 0.3) is 5.91 Å². The van der Waals surface area contributed by atoms with Crippen molar-refractivity contribution in [3.8, 4) is 5.75 Å². The summed E-state index contributed by atoms with van der Waals surface area (Å²) in [7, 11) is 1.62. The Kier molecular flexibility index (Phi) is 5.32. The number of carbonyl (C=O) groups excluding carboxylic acids is 1. The van der Waals surface area contributed by atoms with Crippen molar-refractivity contribution in [1.29, 1.82) is 0 Å². The molecular weight excluding hydrogens is 428 g/mol. The van der Waals surface area contributed by atoms with E-state index in [1.54, 1.807) is 18.1 Å². The summed E-state index contributed by atoms with van der Waals surface area (Å²) in [5.41, 5.74) is 3.89. The van der Waals surface area contributed by atoms with Crippen LogP contribution in [0.3, 0.4) is 0 Å².